The summed E-state index contributed by atoms with van der Waals surface area (Å²) in [6.07, 6.45) is 0.817. The quantitative estimate of drug-likeness (QED) is 0.791. The van der Waals surface area contributed by atoms with Crippen molar-refractivity contribution in [3.05, 3.63) is 48.0 Å². The lowest BCUT2D eigenvalue weighted by Gasteiger charge is -2.21. The van der Waals surface area contributed by atoms with Crippen LogP contribution in [0.3, 0.4) is 0 Å². The van der Waals surface area contributed by atoms with E-state index in [1.807, 2.05) is 26.2 Å². The Labute approximate surface area is 160 Å². The van der Waals surface area contributed by atoms with Crippen molar-refractivity contribution < 1.29 is 13.2 Å². The van der Waals surface area contributed by atoms with Crippen LogP contribution in [0.2, 0.25) is 0 Å². The smallest absolute Gasteiger partial charge is 0.246 e. The average molecular weight is 385 g/mol. The van der Waals surface area contributed by atoms with Crippen molar-refractivity contribution in [1.82, 2.24) is 9.21 Å². The number of hydrogen-bond acceptors (Lipinski definition) is 5. The van der Waals surface area contributed by atoms with E-state index in [1.165, 1.54) is 11.4 Å². The second-order valence-electron chi connectivity index (χ2n) is 6.82. The molecule has 1 heterocycles. The maximum absolute atomic E-state index is 13.1. The van der Waals surface area contributed by atoms with Gasteiger partial charge in [0.25, 0.3) is 0 Å². The lowest BCUT2D eigenvalue weighted by atomic mass is 10.0. The van der Waals surface area contributed by atoms with Crippen molar-refractivity contribution in [3.8, 4) is 22.9 Å². The molecule has 142 valence electrons. The molecule has 0 unspecified atom stereocenters. The topological polar surface area (TPSA) is 73.6 Å². The highest BCUT2D eigenvalue weighted by molar-refractivity contribution is 7.89. The van der Waals surface area contributed by atoms with Gasteiger partial charge in [0.05, 0.1) is 18.7 Å². The summed E-state index contributed by atoms with van der Waals surface area (Å²) in [7, 11) is 1.79. The van der Waals surface area contributed by atoms with E-state index in [4.69, 9.17) is 10.00 Å². The van der Waals surface area contributed by atoms with E-state index in [0.717, 1.165) is 17.5 Å². The summed E-state index contributed by atoms with van der Waals surface area (Å²) in [4.78, 5) is 2.24. The third kappa shape index (κ3) is 3.83. The molecule has 2 aromatic rings. The minimum absolute atomic E-state index is 0.182. The molecule has 1 atom stereocenters. The molecule has 6 nitrogen and oxygen atoms in total. The van der Waals surface area contributed by atoms with Crippen LogP contribution in [0.15, 0.2) is 47.4 Å². The van der Waals surface area contributed by atoms with E-state index in [0.29, 0.717) is 24.4 Å². The molecule has 27 heavy (non-hydrogen) atoms. The Morgan fingerprint density at radius 1 is 1.15 bits per heavy atom. The van der Waals surface area contributed by atoms with Crippen LogP contribution in [-0.2, 0) is 10.0 Å². The predicted molar refractivity (Wildman–Crippen MR) is 104 cm³/mol. The second kappa shape index (κ2) is 7.69. The molecule has 7 heteroatoms. The van der Waals surface area contributed by atoms with Gasteiger partial charge in [-0.3, -0.25) is 0 Å². The molecule has 1 aliphatic rings. The van der Waals surface area contributed by atoms with E-state index in [-0.39, 0.29) is 10.9 Å². The van der Waals surface area contributed by atoms with Crippen LogP contribution in [-0.4, -0.2) is 58.0 Å². The maximum atomic E-state index is 13.1. The zero-order chi connectivity index (χ0) is 19.6. The van der Waals surface area contributed by atoms with Crippen LogP contribution < -0.4 is 4.74 Å². The fourth-order valence-electron chi connectivity index (χ4n) is 3.29. The lowest BCUT2D eigenvalue weighted by Crippen LogP contribution is -2.34. The highest BCUT2D eigenvalue weighted by Gasteiger charge is 2.35. The Kier molecular flexibility index (Phi) is 5.51. The fraction of sp³-hybridized carbons (Fsp3) is 0.350. The molecule has 1 aliphatic heterocycles. The number of nitrogens with zero attached hydrogens (tertiary/aromatic N) is 3. The van der Waals surface area contributed by atoms with Crippen molar-refractivity contribution in [2.24, 2.45) is 0 Å². The Hall–Kier alpha value is -2.40. The third-order valence-electron chi connectivity index (χ3n) is 4.99. The molecule has 0 saturated carbocycles. The largest absolute Gasteiger partial charge is 0.495 e. The summed E-state index contributed by atoms with van der Waals surface area (Å²) in [5, 5.41) is 8.92. The van der Waals surface area contributed by atoms with Gasteiger partial charge in [-0.05, 0) is 55.9 Å². The number of nitriles is 1. The van der Waals surface area contributed by atoms with E-state index in [9.17, 15) is 8.42 Å². The van der Waals surface area contributed by atoms with Crippen LogP contribution in [0.1, 0.15) is 12.0 Å². The first kappa shape index (κ1) is 19.4. The van der Waals surface area contributed by atoms with Gasteiger partial charge in [0.1, 0.15) is 10.6 Å². The first-order valence-corrected chi connectivity index (χ1v) is 10.2. The highest BCUT2D eigenvalue weighted by atomic mass is 32.2. The van der Waals surface area contributed by atoms with Crippen molar-refractivity contribution in [2.75, 3.05) is 34.3 Å². The van der Waals surface area contributed by atoms with E-state index in [1.54, 1.807) is 30.3 Å². The van der Waals surface area contributed by atoms with Crippen LogP contribution in [0.5, 0.6) is 5.75 Å². The van der Waals surface area contributed by atoms with Gasteiger partial charge >= 0.3 is 0 Å². The molecule has 0 aliphatic carbocycles. The van der Waals surface area contributed by atoms with E-state index in [2.05, 4.69) is 11.0 Å². The zero-order valence-corrected chi connectivity index (χ0v) is 16.5. The number of rotatable bonds is 5. The Balaban J connectivity index is 1.93. The molecule has 1 saturated heterocycles. The zero-order valence-electron chi connectivity index (χ0n) is 15.7. The standard InChI is InChI=1S/C20H23N3O3S/c1-22(2)18-10-11-23(14-18)27(24,25)20-9-8-17(12-19(20)26-3)16-6-4-15(13-21)5-7-16/h4-9,12,18H,10-11,14H2,1-3H3/t18-/m1/s1. The fourth-order valence-corrected chi connectivity index (χ4v) is 4.92. The van der Waals surface area contributed by atoms with Crippen LogP contribution in [0.4, 0.5) is 0 Å². The first-order chi connectivity index (χ1) is 12.9. The van der Waals surface area contributed by atoms with Crippen LogP contribution in [0.25, 0.3) is 11.1 Å². The molecule has 0 radical (unpaired) electrons. The highest BCUT2D eigenvalue weighted by Crippen LogP contribution is 2.33. The molecule has 0 bridgehead atoms. The molecule has 0 amide bonds. The summed E-state index contributed by atoms with van der Waals surface area (Å²) in [5.74, 6) is 0.324. The van der Waals surface area contributed by atoms with Crippen molar-refractivity contribution >= 4 is 10.0 Å². The van der Waals surface area contributed by atoms with Gasteiger partial charge in [0, 0.05) is 19.1 Å². The molecule has 3 rings (SSSR count). The van der Waals surface area contributed by atoms with Crippen molar-refractivity contribution in [2.45, 2.75) is 17.4 Å². The Morgan fingerprint density at radius 2 is 1.81 bits per heavy atom. The lowest BCUT2D eigenvalue weighted by molar-refractivity contribution is 0.302. The molecule has 0 spiro atoms. The summed E-state index contributed by atoms with van der Waals surface area (Å²) in [6, 6.07) is 14.6. The van der Waals surface area contributed by atoms with Gasteiger partial charge < -0.3 is 9.64 Å². The Morgan fingerprint density at radius 3 is 2.37 bits per heavy atom. The van der Waals surface area contributed by atoms with Crippen molar-refractivity contribution in [3.63, 3.8) is 0 Å². The first-order valence-electron chi connectivity index (χ1n) is 8.72. The molecule has 0 aromatic heterocycles. The minimum Gasteiger partial charge on any atom is -0.495 e. The van der Waals surface area contributed by atoms with Gasteiger partial charge in [0.15, 0.2) is 0 Å². The van der Waals surface area contributed by atoms with Gasteiger partial charge in [-0.15, -0.1) is 0 Å². The molecule has 0 N–H and O–H groups in total. The average Bonchev–Trinajstić information content (AvgIpc) is 3.19. The van der Waals surface area contributed by atoms with Gasteiger partial charge in [-0.25, -0.2) is 8.42 Å². The third-order valence-corrected chi connectivity index (χ3v) is 6.89. The number of likely N-dealkylation sites (N-methyl/N-ethyl adjacent to an activating group) is 1. The number of sulfonamides is 1. The molecule has 1 fully saturated rings. The maximum Gasteiger partial charge on any atom is 0.246 e. The summed E-state index contributed by atoms with van der Waals surface area (Å²) >= 11 is 0. The van der Waals surface area contributed by atoms with Crippen molar-refractivity contribution in [1.29, 1.82) is 5.26 Å². The van der Waals surface area contributed by atoms with Crippen LogP contribution in [0, 0.1) is 11.3 Å². The Bertz CT molecular complexity index is 963. The van der Waals surface area contributed by atoms with Gasteiger partial charge in [-0.2, -0.15) is 9.57 Å². The number of benzene rings is 2. The predicted octanol–water partition coefficient (Wildman–Crippen LogP) is 2.56. The SMILES string of the molecule is COc1cc(-c2ccc(C#N)cc2)ccc1S(=O)(=O)N1CC[C@@H](N(C)C)C1. The van der Waals surface area contributed by atoms with E-state index >= 15 is 0 Å². The minimum atomic E-state index is -3.62. The second-order valence-corrected chi connectivity index (χ2v) is 8.73. The van der Waals surface area contributed by atoms with Gasteiger partial charge in [0.2, 0.25) is 10.0 Å². The summed E-state index contributed by atoms with van der Waals surface area (Å²) in [5.41, 5.74) is 2.31. The number of methoxy groups -OCH3 is 1. The van der Waals surface area contributed by atoms with E-state index < -0.39 is 10.0 Å². The number of ether oxygens (including phenoxy) is 1. The molecular formula is C20H23N3O3S. The van der Waals surface area contributed by atoms with Gasteiger partial charge in [-0.1, -0.05) is 18.2 Å². The molecular weight excluding hydrogens is 362 g/mol. The summed E-state index contributed by atoms with van der Waals surface area (Å²) in [6.45, 7) is 0.988. The summed E-state index contributed by atoms with van der Waals surface area (Å²) < 4.78 is 33.1. The normalized spacial score (nSPS) is 17.8. The van der Waals surface area contributed by atoms with Crippen LogP contribution >= 0.6 is 0 Å². The number of hydrogen-bond donors (Lipinski definition) is 0. The monoisotopic (exact) mass is 385 g/mol. The molecule has 2 aromatic carbocycles.